The van der Waals surface area contributed by atoms with Crippen LogP contribution in [0.25, 0.3) is 16.8 Å². The number of anilines is 2. The zero-order chi connectivity index (χ0) is 34.9. The van der Waals surface area contributed by atoms with Crippen molar-refractivity contribution in [2.24, 2.45) is 0 Å². The van der Waals surface area contributed by atoms with Crippen LogP contribution < -0.4 is 16.0 Å². The van der Waals surface area contributed by atoms with Gasteiger partial charge in [-0.15, -0.1) is 11.8 Å². The first-order chi connectivity index (χ1) is 24.3. The second-order valence-corrected chi connectivity index (χ2v) is 12.6. The number of rotatable bonds is 11. The van der Waals surface area contributed by atoms with Crippen molar-refractivity contribution in [3.05, 3.63) is 180 Å². The number of ketones is 1. The molecule has 0 radical (unpaired) electrons. The van der Waals surface area contributed by atoms with Crippen LogP contribution in [0.5, 0.6) is 0 Å². The van der Waals surface area contributed by atoms with E-state index in [-0.39, 0.29) is 17.4 Å². The lowest BCUT2D eigenvalue weighted by atomic mass is 10.0. The molecule has 6 aromatic rings. The molecule has 246 valence electrons. The van der Waals surface area contributed by atoms with Crippen LogP contribution in [-0.2, 0) is 9.59 Å². The van der Waals surface area contributed by atoms with Gasteiger partial charge in [-0.25, -0.2) is 0 Å². The molecule has 8 heteroatoms. The van der Waals surface area contributed by atoms with E-state index in [1.54, 1.807) is 72.8 Å². The highest BCUT2D eigenvalue weighted by Crippen LogP contribution is 2.37. The molecule has 0 bridgehead atoms. The smallest absolute Gasteiger partial charge is 0.272 e. The number of benzene rings is 6. The third kappa shape index (κ3) is 8.42. The van der Waals surface area contributed by atoms with Gasteiger partial charge in [0.2, 0.25) is 5.91 Å². The van der Waals surface area contributed by atoms with E-state index in [9.17, 15) is 19.2 Å². The maximum atomic E-state index is 13.9. The minimum absolute atomic E-state index is 0.0534. The maximum absolute atomic E-state index is 13.9. The lowest BCUT2D eigenvalue weighted by molar-refractivity contribution is -0.116. The molecular weight excluding hydrogens is 643 g/mol. The number of Topliss-reactive ketones (excluding diaryl/α,β-unsaturated/α-hetero) is 1. The van der Waals surface area contributed by atoms with E-state index >= 15 is 0 Å². The first-order valence-electron chi connectivity index (χ1n) is 15.9. The number of fused-ring (bicyclic) bond motifs is 1. The number of hydrogen-bond acceptors (Lipinski definition) is 5. The van der Waals surface area contributed by atoms with Crippen LogP contribution in [0.15, 0.2) is 162 Å². The van der Waals surface area contributed by atoms with Gasteiger partial charge in [-0.3, -0.25) is 19.2 Å². The van der Waals surface area contributed by atoms with E-state index in [0.29, 0.717) is 22.5 Å². The molecule has 3 N–H and O–H groups in total. The molecule has 0 aliphatic heterocycles. The molecule has 0 saturated carbocycles. The van der Waals surface area contributed by atoms with Crippen molar-refractivity contribution < 1.29 is 19.2 Å². The van der Waals surface area contributed by atoms with Gasteiger partial charge in [0.25, 0.3) is 11.8 Å². The quantitative estimate of drug-likeness (QED) is 0.0723. The van der Waals surface area contributed by atoms with E-state index in [4.69, 9.17) is 0 Å². The van der Waals surface area contributed by atoms with Crippen molar-refractivity contribution in [1.82, 2.24) is 5.32 Å². The Hall–Kier alpha value is -6.25. The number of hydrogen-bond donors (Lipinski definition) is 3. The number of carbonyl (C=O) groups excluding carboxylic acids is 4. The van der Waals surface area contributed by atoms with Crippen molar-refractivity contribution in [2.75, 3.05) is 10.6 Å². The molecule has 6 aromatic carbocycles. The lowest BCUT2D eigenvalue weighted by Gasteiger charge is -2.18. The molecule has 50 heavy (non-hydrogen) atoms. The highest BCUT2D eigenvalue weighted by atomic mass is 32.2. The summed E-state index contributed by atoms with van der Waals surface area (Å²) < 4.78 is 0. The number of amides is 3. The predicted octanol–water partition coefficient (Wildman–Crippen LogP) is 8.92. The summed E-state index contributed by atoms with van der Waals surface area (Å²) in [5.74, 6) is -1.21. The average Bonchev–Trinajstić information content (AvgIpc) is 3.14. The van der Waals surface area contributed by atoms with Gasteiger partial charge in [-0.1, -0.05) is 97.1 Å². The summed E-state index contributed by atoms with van der Waals surface area (Å²) >= 11 is 1.34. The molecule has 0 aromatic heterocycles. The van der Waals surface area contributed by atoms with E-state index in [1.165, 1.54) is 18.7 Å². The first-order valence-corrected chi connectivity index (χ1v) is 16.8. The standard InChI is InChI=1S/C42H33N3O4S/c1-28(46)29-22-24-34(25-23-29)43-42(49)39(31-13-4-2-5-14-31)50-36-20-11-19-35(27-36)44-41(48)38(45-40(47)32-15-6-3-7-16-32)26-33-18-10-17-30-12-8-9-21-37(30)33/h2-27,39H,1H3,(H,43,49)(H,44,48)(H,45,47)/b38-26+. The minimum Gasteiger partial charge on any atom is -0.325 e. The number of carbonyl (C=O) groups is 4. The third-order valence-corrected chi connectivity index (χ3v) is 9.15. The van der Waals surface area contributed by atoms with Gasteiger partial charge in [0, 0.05) is 27.4 Å². The Morgan fingerprint density at radius 3 is 2.02 bits per heavy atom. The van der Waals surface area contributed by atoms with Gasteiger partial charge < -0.3 is 16.0 Å². The lowest BCUT2D eigenvalue weighted by Crippen LogP contribution is -2.30. The van der Waals surface area contributed by atoms with Gasteiger partial charge >= 0.3 is 0 Å². The predicted molar refractivity (Wildman–Crippen MR) is 201 cm³/mol. The van der Waals surface area contributed by atoms with Crippen LogP contribution in [-0.4, -0.2) is 23.5 Å². The Morgan fingerprint density at radius 1 is 0.620 bits per heavy atom. The van der Waals surface area contributed by atoms with Gasteiger partial charge in [0.15, 0.2) is 5.78 Å². The minimum atomic E-state index is -0.624. The summed E-state index contributed by atoms with van der Waals surface area (Å²) in [6.45, 7) is 1.50. The number of nitrogens with one attached hydrogen (secondary N) is 3. The van der Waals surface area contributed by atoms with Crippen LogP contribution in [0.2, 0.25) is 0 Å². The summed E-state index contributed by atoms with van der Waals surface area (Å²) in [7, 11) is 0. The summed E-state index contributed by atoms with van der Waals surface area (Å²) in [5, 5.41) is 10.0. The fraction of sp³-hybridized carbons (Fsp3) is 0.0476. The first kappa shape index (κ1) is 33.6. The van der Waals surface area contributed by atoms with Crippen molar-refractivity contribution >= 4 is 63.5 Å². The molecule has 0 fully saturated rings. The van der Waals surface area contributed by atoms with Gasteiger partial charge in [-0.2, -0.15) is 0 Å². The molecule has 7 nitrogen and oxygen atoms in total. The Morgan fingerprint density at radius 2 is 1.28 bits per heavy atom. The topological polar surface area (TPSA) is 104 Å². The van der Waals surface area contributed by atoms with Crippen LogP contribution >= 0.6 is 11.8 Å². The molecule has 0 spiro atoms. The van der Waals surface area contributed by atoms with Crippen LogP contribution in [0.4, 0.5) is 11.4 Å². The molecule has 6 rings (SSSR count). The third-order valence-electron chi connectivity index (χ3n) is 7.90. The fourth-order valence-corrected chi connectivity index (χ4v) is 6.44. The second kappa shape index (κ2) is 15.8. The van der Waals surface area contributed by atoms with E-state index in [1.807, 2.05) is 84.9 Å². The molecule has 0 saturated heterocycles. The molecular formula is C42H33N3O4S. The SMILES string of the molecule is CC(=O)c1ccc(NC(=O)C(Sc2cccc(NC(=O)/C(=C\c3cccc4ccccc34)NC(=O)c3ccccc3)c2)c2ccccc2)cc1. The Balaban J connectivity index is 1.25. The zero-order valence-corrected chi connectivity index (χ0v) is 27.9. The molecule has 0 aliphatic carbocycles. The van der Waals surface area contributed by atoms with E-state index in [0.717, 1.165) is 26.8 Å². The summed E-state index contributed by atoms with van der Waals surface area (Å²) in [6, 6.07) is 45.8. The monoisotopic (exact) mass is 675 g/mol. The molecule has 1 atom stereocenters. The Kier molecular flexibility index (Phi) is 10.6. The zero-order valence-electron chi connectivity index (χ0n) is 27.1. The van der Waals surface area contributed by atoms with Crippen LogP contribution in [0.3, 0.4) is 0 Å². The highest BCUT2D eigenvalue weighted by Gasteiger charge is 2.23. The summed E-state index contributed by atoms with van der Waals surface area (Å²) in [4.78, 5) is 53.2. The van der Waals surface area contributed by atoms with Gasteiger partial charge in [-0.05, 0) is 89.5 Å². The van der Waals surface area contributed by atoms with Crippen molar-refractivity contribution in [1.29, 1.82) is 0 Å². The molecule has 1 unspecified atom stereocenters. The van der Waals surface area contributed by atoms with E-state index < -0.39 is 17.1 Å². The molecule has 3 amide bonds. The Bertz CT molecular complexity index is 2200. The Labute approximate surface area is 294 Å². The molecule has 0 heterocycles. The van der Waals surface area contributed by atoms with Gasteiger partial charge in [0.05, 0.1) is 0 Å². The normalized spacial score (nSPS) is 11.7. The number of thioether (sulfide) groups is 1. The van der Waals surface area contributed by atoms with Crippen molar-refractivity contribution in [3.63, 3.8) is 0 Å². The largest absolute Gasteiger partial charge is 0.325 e. The van der Waals surface area contributed by atoms with Crippen LogP contribution in [0.1, 0.15) is 44.0 Å². The molecule has 0 aliphatic rings. The van der Waals surface area contributed by atoms with E-state index in [2.05, 4.69) is 16.0 Å². The second-order valence-electron chi connectivity index (χ2n) is 11.5. The van der Waals surface area contributed by atoms with Gasteiger partial charge in [0.1, 0.15) is 10.9 Å². The van der Waals surface area contributed by atoms with Crippen molar-refractivity contribution in [3.8, 4) is 0 Å². The highest BCUT2D eigenvalue weighted by molar-refractivity contribution is 8.00. The fourth-order valence-electron chi connectivity index (χ4n) is 5.35. The summed E-state index contributed by atoms with van der Waals surface area (Å²) in [6.07, 6.45) is 1.68. The van der Waals surface area contributed by atoms with Crippen LogP contribution in [0, 0.1) is 0 Å². The van der Waals surface area contributed by atoms with Crippen molar-refractivity contribution in [2.45, 2.75) is 17.1 Å². The average molecular weight is 676 g/mol. The maximum Gasteiger partial charge on any atom is 0.272 e. The summed E-state index contributed by atoms with van der Waals surface area (Å²) in [5.41, 5.74) is 3.70.